The highest BCUT2D eigenvalue weighted by atomic mass is 32.2. The van der Waals surface area contributed by atoms with Gasteiger partial charge in [-0.3, -0.25) is 5.41 Å². The lowest BCUT2D eigenvalue weighted by molar-refractivity contribution is 0.381. The Morgan fingerprint density at radius 2 is 1.87 bits per heavy atom. The van der Waals surface area contributed by atoms with Crippen molar-refractivity contribution in [3.8, 4) is 0 Å². The molecule has 1 atom stereocenters. The quantitative estimate of drug-likeness (QED) is 0.557. The van der Waals surface area contributed by atoms with Crippen LogP contribution in [0.5, 0.6) is 0 Å². The first-order valence-electron chi connectivity index (χ1n) is 4.80. The molecule has 0 radical (unpaired) electrons. The molecule has 0 heterocycles. The van der Waals surface area contributed by atoms with E-state index in [-0.39, 0.29) is 18.3 Å². The van der Waals surface area contributed by atoms with Gasteiger partial charge in [0.15, 0.2) is 0 Å². The maximum Gasteiger partial charge on any atom is 0.219 e. The Balaban J connectivity index is 4.87. The molecule has 0 aromatic heterocycles. The van der Waals surface area contributed by atoms with E-state index in [4.69, 9.17) is 11.1 Å². The molecule has 0 bridgehead atoms. The number of nitrogens with one attached hydrogen (secondary N) is 1. The zero-order valence-corrected chi connectivity index (χ0v) is 10.9. The Bertz CT molecular complexity index is 330. The van der Waals surface area contributed by atoms with Crippen LogP contribution < -0.4 is 5.73 Å². The number of amidine groups is 1. The molecule has 0 amide bonds. The number of rotatable bonds is 4. The fourth-order valence-corrected chi connectivity index (χ4v) is 2.53. The average Bonchev–Trinajstić information content (AvgIpc) is 1.99. The summed E-state index contributed by atoms with van der Waals surface area (Å²) in [6, 6.07) is -0.285. The van der Waals surface area contributed by atoms with Crippen LogP contribution in [0.15, 0.2) is 0 Å². The smallest absolute Gasteiger partial charge is 0.219 e. The topological polar surface area (TPSA) is 87.2 Å². The first kappa shape index (κ1) is 14.4. The molecule has 90 valence electrons. The van der Waals surface area contributed by atoms with Crippen LogP contribution in [0.3, 0.4) is 0 Å². The summed E-state index contributed by atoms with van der Waals surface area (Å²) in [4.78, 5) is 0. The molecule has 0 aliphatic rings. The molecular formula is C9H21N3O2S. The van der Waals surface area contributed by atoms with Gasteiger partial charge in [0.2, 0.25) is 10.0 Å². The third kappa shape index (κ3) is 3.46. The van der Waals surface area contributed by atoms with E-state index < -0.39 is 14.8 Å². The van der Waals surface area contributed by atoms with E-state index >= 15 is 0 Å². The predicted molar refractivity (Wildman–Crippen MR) is 62.4 cm³/mol. The molecule has 0 rings (SSSR count). The van der Waals surface area contributed by atoms with Gasteiger partial charge in [-0.15, -0.1) is 0 Å². The Hall–Kier alpha value is -0.620. The van der Waals surface area contributed by atoms with Crippen LogP contribution in [0.1, 0.15) is 34.1 Å². The highest BCUT2D eigenvalue weighted by molar-refractivity contribution is 7.90. The van der Waals surface area contributed by atoms with E-state index in [0.717, 1.165) is 0 Å². The molecule has 0 saturated carbocycles. The zero-order chi connectivity index (χ0) is 12.4. The van der Waals surface area contributed by atoms with Gasteiger partial charge in [-0.2, -0.15) is 0 Å². The average molecular weight is 235 g/mol. The standard InChI is InChI=1S/C9H21N3O2S/c1-7(6-8(10)11)12(5)15(13,14)9(2,3)4/h7H,6H2,1-5H3,(H3,10,11). The molecule has 5 nitrogen and oxygen atoms in total. The van der Waals surface area contributed by atoms with Crippen molar-refractivity contribution in [3.63, 3.8) is 0 Å². The Morgan fingerprint density at radius 3 is 2.13 bits per heavy atom. The summed E-state index contributed by atoms with van der Waals surface area (Å²) in [7, 11) is -1.82. The minimum atomic E-state index is -3.34. The molecule has 0 fully saturated rings. The Labute approximate surface area is 92.2 Å². The molecule has 0 aromatic rings. The normalized spacial score (nSPS) is 15.3. The maximum absolute atomic E-state index is 12.0. The first-order chi connectivity index (χ1) is 6.50. The van der Waals surface area contributed by atoms with Gasteiger partial charge in [-0.1, -0.05) is 0 Å². The number of hydrogen-bond donors (Lipinski definition) is 2. The van der Waals surface area contributed by atoms with E-state index in [2.05, 4.69) is 0 Å². The molecule has 6 heteroatoms. The molecule has 0 spiro atoms. The lowest BCUT2D eigenvalue weighted by Gasteiger charge is -2.30. The number of hydrogen-bond acceptors (Lipinski definition) is 3. The molecule has 0 aromatic carbocycles. The monoisotopic (exact) mass is 235 g/mol. The van der Waals surface area contributed by atoms with E-state index in [1.165, 1.54) is 11.4 Å². The second kappa shape index (κ2) is 4.49. The van der Waals surface area contributed by atoms with Gasteiger partial charge in [-0.25, -0.2) is 12.7 Å². The molecule has 3 N–H and O–H groups in total. The Kier molecular flexibility index (Phi) is 4.30. The molecule has 1 unspecified atom stereocenters. The minimum Gasteiger partial charge on any atom is -0.388 e. The van der Waals surface area contributed by atoms with Crippen LogP contribution in [-0.2, 0) is 10.0 Å². The largest absolute Gasteiger partial charge is 0.388 e. The van der Waals surface area contributed by atoms with E-state index in [1.54, 1.807) is 27.7 Å². The van der Waals surface area contributed by atoms with Crippen molar-refractivity contribution < 1.29 is 8.42 Å². The first-order valence-corrected chi connectivity index (χ1v) is 6.24. The molecule has 0 saturated heterocycles. The molecule has 0 aliphatic heterocycles. The van der Waals surface area contributed by atoms with E-state index in [9.17, 15) is 8.42 Å². The van der Waals surface area contributed by atoms with Crippen molar-refractivity contribution in [3.05, 3.63) is 0 Å². The lowest BCUT2D eigenvalue weighted by atomic mass is 10.2. The summed E-state index contributed by atoms with van der Waals surface area (Å²) in [5, 5.41) is 7.13. The zero-order valence-electron chi connectivity index (χ0n) is 10.0. The van der Waals surface area contributed by atoms with Gasteiger partial charge in [-0.05, 0) is 27.7 Å². The summed E-state index contributed by atoms with van der Waals surface area (Å²) < 4.78 is 24.4. The van der Waals surface area contributed by atoms with Crippen molar-refractivity contribution in [1.82, 2.24) is 4.31 Å². The van der Waals surface area contributed by atoms with Crippen LogP contribution in [0.25, 0.3) is 0 Å². The van der Waals surface area contributed by atoms with Gasteiger partial charge >= 0.3 is 0 Å². The van der Waals surface area contributed by atoms with Crippen molar-refractivity contribution in [2.24, 2.45) is 5.73 Å². The number of nitrogens with two attached hydrogens (primary N) is 1. The van der Waals surface area contributed by atoms with E-state index in [1.807, 2.05) is 0 Å². The number of sulfonamides is 1. The van der Waals surface area contributed by atoms with Crippen LogP contribution in [-0.4, -0.2) is 36.4 Å². The summed E-state index contributed by atoms with van der Waals surface area (Å²) in [5.41, 5.74) is 5.25. The van der Waals surface area contributed by atoms with Gasteiger partial charge in [0.25, 0.3) is 0 Å². The van der Waals surface area contributed by atoms with Crippen molar-refractivity contribution in [2.45, 2.75) is 44.9 Å². The summed E-state index contributed by atoms with van der Waals surface area (Å²) in [5.74, 6) is -0.00143. The molecular weight excluding hydrogens is 214 g/mol. The van der Waals surface area contributed by atoms with Crippen LogP contribution in [0, 0.1) is 5.41 Å². The highest BCUT2D eigenvalue weighted by Gasteiger charge is 2.35. The van der Waals surface area contributed by atoms with Gasteiger partial charge < -0.3 is 5.73 Å². The fourth-order valence-electron chi connectivity index (χ4n) is 1.12. The second-order valence-electron chi connectivity index (χ2n) is 4.71. The third-order valence-electron chi connectivity index (χ3n) is 2.29. The Morgan fingerprint density at radius 1 is 1.47 bits per heavy atom. The van der Waals surface area contributed by atoms with Crippen molar-refractivity contribution >= 4 is 15.9 Å². The molecule has 15 heavy (non-hydrogen) atoms. The maximum atomic E-state index is 12.0. The van der Waals surface area contributed by atoms with E-state index in [0.29, 0.717) is 0 Å². The summed E-state index contributed by atoms with van der Waals surface area (Å²) in [6.07, 6.45) is 0.256. The SMILES string of the molecule is CC(CC(=N)N)N(C)S(=O)(=O)C(C)(C)C. The van der Waals surface area contributed by atoms with Gasteiger partial charge in [0.1, 0.15) is 0 Å². The highest BCUT2D eigenvalue weighted by Crippen LogP contribution is 2.21. The minimum absolute atomic E-state index is 0.00143. The second-order valence-corrected chi connectivity index (χ2v) is 7.46. The van der Waals surface area contributed by atoms with Crippen LogP contribution >= 0.6 is 0 Å². The fraction of sp³-hybridized carbons (Fsp3) is 0.889. The molecule has 0 aliphatic carbocycles. The predicted octanol–water partition coefficient (Wildman–Crippen LogP) is 0.761. The third-order valence-corrected chi connectivity index (χ3v) is 4.95. The summed E-state index contributed by atoms with van der Waals surface area (Å²) in [6.45, 7) is 6.70. The number of nitrogens with zero attached hydrogens (tertiary/aromatic N) is 1. The van der Waals surface area contributed by atoms with Gasteiger partial charge in [0.05, 0.1) is 10.6 Å². The lowest BCUT2D eigenvalue weighted by Crippen LogP contribution is -2.45. The van der Waals surface area contributed by atoms with Crippen molar-refractivity contribution in [1.29, 1.82) is 5.41 Å². The van der Waals surface area contributed by atoms with Gasteiger partial charge in [0, 0.05) is 19.5 Å². The van der Waals surface area contributed by atoms with Crippen molar-refractivity contribution in [2.75, 3.05) is 7.05 Å². The van der Waals surface area contributed by atoms with Crippen LogP contribution in [0.2, 0.25) is 0 Å². The summed E-state index contributed by atoms with van der Waals surface area (Å²) >= 11 is 0. The van der Waals surface area contributed by atoms with Crippen LogP contribution in [0.4, 0.5) is 0 Å².